The summed E-state index contributed by atoms with van der Waals surface area (Å²) in [5, 5.41) is 3.03. The van der Waals surface area contributed by atoms with E-state index < -0.39 is 0 Å². The third-order valence-electron chi connectivity index (χ3n) is 3.68. The molecule has 94 valence electrons. The van der Waals surface area contributed by atoms with E-state index in [1.54, 1.807) is 7.11 Å². The van der Waals surface area contributed by atoms with Gasteiger partial charge < -0.3 is 10.1 Å². The third kappa shape index (κ3) is 1.78. The number of rotatable bonds is 2. The summed E-state index contributed by atoms with van der Waals surface area (Å²) in [4.78, 5) is 16.7. The van der Waals surface area contributed by atoms with E-state index >= 15 is 0 Å². The minimum absolute atomic E-state index is 0.0536. The molecule has 1 aromatic rings. The zero-order valence-electron chi connectivity index (χ0n) is 10.4. The molecule has 1 spiro atoms. The number of nitrogens with one attached hydrogen (secondary N) is 1. The number of methoxy groups -OCH3 is 1. The molecule has 1 heterocycles. The molecule has 18 heavy (non-hydrogen) atoms. The number of nitrogens with zero attached hydrogens (tertiary/aromatic N) is 1. The van der Waals surface area contributed by atoms with Crippen LogP contribution in [0.4, 0.5) is 0 Å². The second-order valence-electron chi connectivity index (χ2n) is 4.88. The molecule has 1 saturated carbocycles. The summed E-state index contributed by atoms with van der Waals surface area (Å²) < 4.78 is 5.11. The second-order valence-corrected chi connectivity index (χ2v) is 4.88. The van der Waals surface area contributed by atoms with E-state index in [0.717, 1.165) is 37.0 Å². The van der Waals surface area contributed by atoms with Gasteiger partial charge in [-0.05, 0) is 49.9 Å². The van der Waals surface area contributed by atoms with Gasteiger partial charge in [-0.25, -0.2) is 0 Å². The standard InChI is InChI=1S/C14H16N2O2/c1-18-11-6-4-10(5-7-11)12-13(17)16-14(15-12)8-2-3-9-14/h4-7H,2-3,8-9H2,1H3,(H,16,17). The summed E-state index contributed by atoms with van der Waals surface area (Å²) in [7, 11) is 1.63. The van der Waals surface area contributed by atoms with Crippen molar-refractivity contribution < 1.29 is 9.53 Å². The number of aliphatic imine (C=N–C) groups is 1. The molecule has 3 rings (SSSR count). The topological polar surface area (TPSA) is 50.7 Å². The van der Waals surface area contributed by atoms with Crippen LogP contribution in [-0.4, -0.2) is 24.4 Å². The van der Waals surface area contributed by atoms with E-state index in [1.165, 1.54) is 0 Å². The minimum atomic E-state index is -0.313. The zero-order valence-corrected chi connectivity index (χ0v) is 10.4. The van der Waals surface area contributed by atoms with Crippen molar-refractivity contribution in [3.8, 4) is 5.75 Å². The molecule has 0 saturated heterocycles. The van der Waals surface area contributed by atoms with Crippen LogP contribution in [0.1, 0.15) is 31.2 Å². The number of carbonyl (C=O) groups is 1. The van der Waals surface area contributed by atoms with Gasteiger partial charge >= 0.3 is 0 Å². The maximum atomic E-state index is 12.0. The molecule has 4 nitrogen and oxygen atoms in total. The molecule has 1 amide bonds. The maximum Gasteiger partial charge on any atom is 0.272 e. The van der Waals surface area contributed by atoms with Gasteiger partial charge in [0, 0.05) is 5.56 Å². The molecule has 1 aliphatic carbocycles. The Morgan fingerprint density at radius 1 is 1.22 bits per heavy atom. The number of carbonyl (C=O) groups excluding carboxylic acids is 1. The average molecular weight is 244 g/mol. The third-order valence-corrected chi connectivity index (χ3v) is 3.68. The highest BCUT2D eigenvalue weighted by Gasteiger charge is 2.41. The molecule has 1 aromatic carbocycles. The number of ether oxygens (including phenoxy) is 1. The highest BCUT2D eigenvalue weighted by molar-refractivity contribution is 6.46. The largest absolute Gasteiger partial charge is 0.497 e. The van der Waals surface area contributed by atoms with Crippen molar-refractivity contribution in [2.75, 3.05) is 7.11 Å². The molecular formula is C14H16N2O2. The smallest absolute Gasteiger partial charge is 0.272 e. The minimum Gasteiger partial charge on any atom is -0.497 e. The van der Waals surface area contributed by atoms with Crippen LogP contribution in [0.15, 0.2) is 29.3 Å². The van der Waals surface area contributed by atoms with Crippen molar-refractivity contribution in [3.63, 3.8) is 0 Å². The summed E-state index contributed by atoms with van der Waals surface area (Å²) in [5.74, 6) is 0.732. The van der Waals surface area contributed by atoms with Gasteiger partial charge in [0.2, 0.25) is 0 Å². The Kier molecular flexibility index (Phi) is 2.58. The highest BCUT2D eigenvalue weighted by Crippen LogP contribution is 2.34. The Bertz CT molecular complexity index is 499. The summed E-state index contributed by atoms with van der Waals surface area (Å²) in [5.41, 5.74) is 1.10. The van der Waals surface area contributed by atoms with Crippen LogP contribution in [-0.2, 0) is 4.79 Å². The summed E-state index contributed by atoms with van der Waals surface area (Å²) in [6.45, 7) is 0. The van der Waals surface area contributed by atoms with Gasteiger partial charge in [0.15, 0.2) is 0 Å². The number of benzene rings is 1. The van der Waals surface area contributed by atoms with Crippen molar-refractivity contribution in [3.05, 3.63) is 29.8 Å². The first-order valence-corrected chi connectivity index (χ1v) is 6.29. The number of hydrogen-bond acceptors (Lipinski definition) is 3. The van der Waals surface area contributed by atoms with Crippen LogP contribution < -0.4 is 10.1 Å². The van der Waals surface area contributed by atoms with Crippen LogP contribution in [0.25, 0.3) is 0 Å². The van der Waals surface area contributed by atoms with Gasteiger partial charge in [0.25, 0.3) is 5.91 Å². The Balaban J connectivity index is 1.92. The number of amides is 1. The Morgan fingerprint density at radius 2 is 1.89 bits per heavy atom. The van der Waals surface area contributed by atoms with Gasteiger partial charge in [0.05, 0.1) is 7.11 Å². The molecule has 1 fully saturated rings. The fraction of sp³-hybridized carbons (Fsp3) is 0.429. The number of hydrogen-bond donors (Lipinski definition) is 1. The predicted molar refractivity (Wildman–Crippen MR) is 68.9 cm³/mol. The van der Waals surface area contributed by atoms with Gasteiger partial charge in [-0.2, -0.15) is 0 Å². The predicted octanol–water partition coefficient (Wildman–Crippen LogP) is 1.88. The van der Waals surface area contributed by atoms with Crippen LogP contribution in [0.5, 0.6) is 5.75 Å². The monoisotopic (exact) mass is 244 g/mol. The normalized spacial score (nSPS) is 20.9. The van der Waals surface area contributed by atoms with Crippen LogP contribution in [0.3, 0.4) is 0 Å². The molecule has 0 unspecified atom stereocenters. The molecule has 1 aliphatic heterocycles. The van der Waals surface area contributed by atoms with E-state index in [1.807, 2.05) is 24.3 Å². The summed E-state index contributed by atoms with van der Waals surface area (Å²) >= 11 is 0. The Labute approximate surface area is 106 Å². The van der Waals surface area contributed by atoms with Crippen molar-refractivity contribution in [1.82, 2.24) is 5.32 Å². The Morgan fingerprint density at radius 3 is 2.50 bits per heavy atom. The SMILES string of the molecule is COc1ccc(C2=NC3(CCCC3)NC2=O)cc1. The zero-order chi connectivity index (χ0) is 12.6. The first-order chi connectivity index (χ1) is 8.72. The molecule has 0 atom stereocenters. The fourth-order valence-electron chi connectivity index (χ4n) is 2.70. The van der Waals surface area contributed by atoms with Crippen LogP contribution >= 0.6 is 0 Å². The van der Waals surface area contributed by atoms with Crippen LogP contribution in [0.2, 0.25) is 0 Å². The van der Waals surface area contributed by atoms with Crippen molar-refractivity contribution in [1.29, 1.82) is 0 Å². The summed E-state index contributed by atoms with van der Waals surface area (Å²) in [6, 6.07) is 7.46. The first-order valence-electron chi connectivity index (χ1n) is 6.29. The molecular weight excluding hydrogens is 228 g/mol. The lowest BCUT2D eigenvalue weighted by atomic mass is 10.1. The molecule has 1 N–H and O–H groups in total. The molecule has 2 aliphatic rings. The van der Waals surface area contributed by atoms with Crippen molar-refractivity contribution in [2.45, 2.75) is 31.3 Å². The fourth-order valence-corrected chi connectivity index (χ4v) is 2.70. The lowest BCUT2D eigenvalue weighted by Gasteiger charge is -2.18. The molecule has 0 aromatic heterocycles. The van der Waals surface area contributed by atoms with E-state index in [9.17, 15) is 4.79 Å². The first kappa shape index (κ1) is 11.3. The Hall–Kier alpha value is -1.84. The lowest BCUT2D eigenvalue weighted by molar-refractivity contribution is -0.115. The van der Waals surface area contributed by atoms with Crippen molar-refractivity contribution in [2.24, 2.45) is 4.99 Å². The van der Waals surface area contributed by atoms with Gasteiger partial charge in [0.1, 0.15) is 17.1 Å². The van der Waals surface area contributed by atoms with Crippen molar-refractivity contribution >= 4 is 11.6 Å². The molecule has 0 radical (unpaired) electrons. The second kappa shape index (κ2) is 4.12. The van der Waals surface area contributed by atoms with E-state index in [4.69, 9.17) is 4.74 Å². The highest BCUT2D eigenvalue weighted by atomic mass is 16.5. The van der Waals surface area contributed by atoms with Gasteiger partial charge in [-0.1, -0.05) is 0 Å². The van der Waals surface area contributed by atoms with Gasteiger partial charge in [-0.3, -0.25) is 9.79 Å². The molecule has 0 bridgehead atoms. The van der Waals surface area contributed by atoms with Crippen LogP contribution in [0, 0.1) is 0 Å². The molecule has 4 heteroatoms. The lowest BCUT2D eigenvalue weighted by Crippen LogP contribution is -2.39. The van der Waals surface area contributed by atoms with E-state index in [2.05, 4.69) is 10.3 Å². The van der Waals surface area contributed by atoms with Gasteiger partial charge in [-0.15, -0.1) is 0 Å². The van der Waals surface area contributed by atoms with E-state index in [-0.39, 0.29) is 11.6 Å². The average Bonchev–Trinajstić information content (AvgIpc) is 2.97. The maximum absolute atomic E-state index is 12.0. The quantitative estimate of drug-likeness (QED) is 0.863. The van der Waals surface area contributed by atoms with E-state index in [0.29, 0.717) is 5.71 Å². The summed E-state index contributed by atoms with van der Waals surface area (Å²) in [6.07, 6.45) is 4.19.